The largest absolute Gasteiger partial charge is 0.477 e. The fraction of sp³-hybridized carbons (Fsp3) is 0.308. The molecule has 6 nitrogen and oxygen atoms in total. The second-order valence-corrected chi connectivity index (χ2v) is 7.59. The molecule has 0 bridgehead atoms. The van der Waals surface area contributed by atoms with Gasteiger partial charge in [-0.2, -0.15) is 13.5 Å². The van der Waals surface area contributed by atoms with Crippen LogP contribution in [0.5, 0.6) is 11.6 Å². The molecule has 0 radical (unpaired) electrons. The van der Waals surface area contributed by atoms with Crippen LogP contribution in [0.15, 0.2) is 23.2 Å². The highest BCUT2D eigenvalue weighted by Crippen LogP contribution is 2.38. The van der Waals surface area contributed by atoms with Gasteiger partial charge in [-0.1, -0.05) is 34.8 Å². The molecule has 23 heavy (non-hydrogen) atoms. The van der Waals surface area contributed by atoms with Gasteiger partial charge >= 0.3 is 10.1 Å². The van der Waals surface area contributed by atoms with Crippen LogP contribution in [0.1, 0.15) is 12.8 Å². The van der Waals surface area contributed by atoms with Crippen LogP contribution in [0, 0.1) is 0 Å². The van der Waals surface area contributed by atoms with E-state index in [4.69, 9.17) is 43.7 Å². The molecule has 0 N–H and O–H groups in total. The van der Waals surface area contributed by atoms with Crippen LogP contribution in [0.4, 0.5) is 0 Å². The molecule has 124 valence electrons. The van der Waals surface area contributed by atoms with E-state index in [1.807, 2.05) is 0 Å². The third-order valence-corrected chi connectivity index (χ3v) is 5.17. The van der Waals surface area contributed by atoms with Crippen molar-refractivity contribution in [3.8, 4) is 11.6 Å². The second kappa shape index (κ2) is 6.39. The van der Waals surface area contributed by atoms with Gasteiger partial charge in [0.1, 0.15) is 0 Å². The molecule has 1 aliphatic rings. The van der Waals surface area contributed by atoms with E-state index in [0.717, 1.165) is 12.8 Å². The first-order valence-electron chi connectivity index (χ1n) is 6.66. The normalized spacial score (nSPS) is 14.7. The summed E-state index contributed by atoms with van der Waals surface area (Å²) in [7, 11) is -4.21. The summed E-state index contributed by atoms with van der Waals surface area (Å²) < 4.78 is 37.1. The highest BCUT2D eigenvalue weighted by molar-refractivity contribution is 7.87. The SMILES string of the molecule is O=S(=O)(Oc1c(Cl)cc(Cl)cc1Cl)c1cnn2c1OCCCC2. The van der Waals surface area contributed by atoms with Crippen LogP contribution in [0.2, 0.25) is 15.1 Å². The van der Waals surface area contributed by atoms with Crippen LogP contribution >= 0.6 is 34.8 Å². The number of aromatic nitrogens is 2. The Bertz CT molecular complexity index is 828. The fourth-order valence-electron chi connectivity index (χ4n) is 2.13. The summed E-state index contributed by atoms with van der Waals surface area (Å²) >= 11 is 17.7. The molecular formula is C13H11Cl3N2O4S. The van der Waals surface area contributed by atoms with Gasteiger partial charge in [-0.25, -0.2) is 4.68 Å². The maximum absolute atomic E-state index is 12.5. The Morgan fingerprint density at radius 2 is 1.87 bits per heavy atom. The predicted octanol–water partition coefficient (Wildman–Crippen LogP) is 3.78. The van der Waals surface area contributed by atoms with Gasteiger partial charge in [0, 0.05) is 11.6 Å². The molecule has 1 aliphatic heterocycles. The van der Waals surface area contributed by atoms with E-state index in [0.29, 0.717) is 13.2 Å². The summed E-state index contributed by atoms with van der Waals surface area (Å²) in [5, 5.41) is 4.28. The average molecular weight is 398 g/mol. The Hall–Kier alpha value is -1.15. The Labute approximate surface area is 148 Å². The Morgan fingerprint density at radius 3 is 2.57 bits per heavy atom. The number of hydrogen-bond acceptors (Lipinski definition) is 5. The van der Waals surface area contributed by atoms with Crippen molar-refractivity contribution in [1.82, 2.24) is 9.78 Å². The summed E-state index contributed by atoms with van der Waals surface area (Å²) in [6, 6.07) is 2.68. The van der Waals surface area contributed by atoms with Gasteiger partial charge in [0.25, 0.3) is 0 Å². The molecule has 0 aliphatic carbocycles. The minimum Gasteiger partial charge on any atom is -0.477 e. The molecule has 0 fully saturated rings. The van der Waals surface area contributed by atoms with Gasteiger partial charge in [-0.3, -0.25) is 0 Å². The maximum atomic E-state index is 12.5. The van der Waals surface area contributed by atoms with E-state index in [1.54, 1.807) is 0 Å². The number of halogens is 3. The van der Waals surface area contributed by atoms with Crippen LogP contribution in [0.3, 0.4) is 0 Å². The zero-order valence-corrected chi connectivity index (χ0v) is 14.7. The molecule has 0 atom stereocenters. The van der Waals surface area contributed by atoms with Gasteiger partial charge in [-0.15, -0.1) is 0 Å². The molecule has 0 spiro atoms. The highest BCUT2D eigenvalue weighted by Gasteiger charge is 2.29. The number of hydrogen-bond donors (Lipinski definition) is 0. The number of aryl methyl sites for hydroxylation is 1. The lowest BCUT2D eigenvalue weighted by Crippen LogP contribution is -2.12. The van der Waals surface area contributed by atoms with Gasteiger partial charge in [0.15, 0.2) is 10.6 Å². The highest BCUT2D eigenvalue weighted by atomic mass is 35.5. The summed E-state index contributed by atoms with van der Waals surface area (Å²) in [5.41, 5.74) is 0. The third kappa shape index (κ3) is 3.38. The van der Waals surface area contributed by atoms with Crippen molar-refractivity contribution in [3.05, 3.63) is 33.4 Å². The second-order valence-electron chi connectivity index (χ2n) is 4.83. The van der Waals surface area contributed by atoms with Crippen molar-refractivity contribution < 1.29 is 17.3 Å². The topological polar surface area (TPSA) is 70.4 Å². The number of fused-ring (bicyclic) bond motifs is 1. The monoisotopic (exact) mass is 396 g/mol. The molecule has 2 aromatic rings. The summed E-state index contributed by atoms with van der Waals surface area (Å²) in [6.07, 6.45) is 2.86. The van der Waals surface area contributed by atoms with Gasteiger partial charge in [0.05, 0.1) is 22.8 Å². The van der Waals surface area contributed by atoms with Gasteiger partial charge in [-0.05, 0) is 25.0 Å². The van der Waals surface area contributed by atoms with Crippen LogP contribution in [-0.4, -0.2) is 24.8 Å². The van der Waals surface area contributed by atoms with E-state index in [9.17, 15) is 8.42 Å². The Morgan fingerprint density at radius 1 is 1.17 bits per heavy atom. The summed E-state index contributed by atoms with van der Waals surface area (Å²) in [6.45, 7) is 0.990. The number of ether oxygens (including phenoxy) is 1. The van der Waals surface area contributed by atoms with Crippen molar-refractivity contribution in [3.63, 3.8) is 0 Å². The maximum Gasteiger partial charge on any atom is 0.346 e. The summed E-state index contributed by atoms with van der Waals surface area (Å²) in [5.74, 6) is -0.0324. The lowest BCUT2D eigenvalue weighted by Gasteiger charge is -2.11. The van der Waals surface area contributed by atoms with Crippen molar-refractivity contribution in [1.29, 1.82) is 0 Å². The first kappa shape index (κ1) is 16.7. The molecular weight excluding hydrogens is 387 g/mol. The predicted molar refractivity (Wildman–Crippen MR) is 86.2 cm³/mol. The van der Waals surface area contributed by atoms with E-state index in [-0.39, 0.29) is 31.6 Å². The molecule has 0 unspecified atom stereocenters. The van der Waals surface area contributed by atoms with Crippen molar-refractivity contribution in [2.75, 3.05) is 6.61 Å². The van der Waals surface area contributed by atoms with Gasteiger partial charge < -0.3 is 8.92 Å². The van der Waals surface area contributed by atoms with Crippen LogP contribution in [0.25, 0.3) is 0 Å². The minimum atomic E-state index is -4.21. The van der Waals surface area contributed by atoms with Crippen molar-refractivity contribution in [2.45, 2.75) is 24.3 Å². The van der Waals surface area contributed by atoms with Crippen molar-refractivity contribution in [2.24, 2.45) is 0 Å². The lowest BCUT2D eigenvalue weighted by molar-refractivity contribution is 0.294. The number of benzene rings is 1. The summed E-state index contributed by atoms with van der Waals surface area (Å²) in [4.78, 5) is -0.165. The van der Waals surface area contributed by atoms with E-state index in [1.165, 1.54) is 23.0 Å². The van der Waals surface area contributed by atoms with Gasteiger partial charge in [0.2, 0.25) is 5.88 Å². The van der Waals surface area contributed by atoms with Crippen LogP contribution < -0.4 is 8.92 Å². The molecule has 1 aromatic carbocycles. The molecule has 0 saturated carbocycles. The molecule has 0 saturated heterocycles. The molecule has 1 aromatic heterocycles. The third-order valence-electron chi connectivity index (χ3n) is 3.19. The number of rotatable bonds is 3. The standard InChI is InChI=1S/C13H11Cl3N2O4S/c14-8-5-9(15)12(10(16)6-8)22-23(19,20)11-7-17-18-3-1-2-4-21-13(11)18/h5-7H,1-4H2. The van der Waals surface area contributed by atoms with Crippen molar-refractivity contribution >= 4 is 44.9 Å². The Kier molecular flexibility index (Phi) is 4.64. The van der Waals surface area contributed by atoms with E-state index < -0.39 is 10.1 Å². The smallest absolute Gasteiger partial charge is 0.346 e. The zero-order chi connectivity index (χ0) is 16.6. The molecule has 0 amide bonds. The molecule has 2 heterocycles. The molecule has 3 rings (SSSR count). The number of nitrogens with zero attached hydrogens (tertiary/aromatic N) is 2. The van der Waals surface area contributed by atoms with Crippen LogP contribution in [-0.2, 0) is 16.7 Å². The fourth-order valence-corrected chi connectivity index (χ4v) is 4.16. The Balaban J connectivity index is 1.99. The van der Waals surface area contributed by atoms with E-state index in [2.05, 4.69) is 5.10 Å². The van der Waals surface area contributed by atoms with E-state index >= 15 is 0 Å². The first-order valence-corrected chi connectivity index (χ1v) is 9.20. The average Bonchev–Trinajstić information content (AvgIpc) is 2.74. The lowest BCUT2D eigenvalue weighted by atomic mass is 10.3. The quantitative estimate of drug-likeness (QED) is 0.737. The molecule has 10 heteroatoms. The zero-order valence-electron chi connectivity index (χ0n) is 11.6. The first-order chi connectivity index (χ1) is 10.9. The minimum absolute atomic E-state index is 0.00903.